The van der Waals surface area contributed by atoms with E-state index < -0.39 is 30.9 Å². The molecule has 6 atom stereocenters. The maximum Gasteiger partial charge on any atom is 0.186 e. The molecule has 1 N–H and O–H groups in total. The molecule has 0 bridgehead atoms. The molecule has 6 nitrogen and oxygen atoms in total. The Morgan fingerprint density at radius 2 is 1.86 bits per heavy atom. The van der Waals surface area contributed by atoms with Gasteiger partial charge in [0, 0.05) is 19.8 Å². The van der Waals surface area contributed by atoms with Gasteiger partial charge in [0.1, 0.15) is 24.4 Å². The standard InChI is InChI=1S/C15H20O6/c1-17-13-11(16)15(18-2)20-10-8-19-14(21-12(10)13)9-6-4-3-5-7-9/h3-7,10-16H,8H2,1-2H3/t10-,11+,12-,13-,14?,15-/m1/s1. The molecule has 6 heteroatoms. The van der Waals surface area contributed by atoms with Crippen LogP contribution in [-0.2, 0) is 23.7 Å². The number of methoxy groups -OCH3 is 2. The van der Waals surface area contributed by atoms with Crippen LogP contribution in [0, 0.1) is 0 Å². The van der Waals surface area contributed by atoms with Gasteiger partial charge in [-0.1, -0.05) is 30.3 Å². The summed E-state index contributed by atoms with van der Waals surface area (Å²) in [5.74, 6) is 0. The van der Waals surface area contributed by atoms with E-state index in [0.717, 1.165) is 5.56 Å². The minimum Gasteiger partial charge on any atom is -0.385 e. The molecule has 0 spiro atoms. The summed E-state index contributed by atoms with van der Waals surface area (Å²) in [6, 6.07) is 9.66. The van der Waals surface area contributed by atoms with Crippen LogP contribution in [0.3, 0.4) is 0 Å². The molecule has 0 saturated carbocycles. The fourth-order valence-electron chi connectivity index (χ4n) is 2.81. The van der Waals surface area contributed by atoms with Gasteiger partial charge in [0.15, 0.2) is 12.6 Å². The summed E-state index contributed by atoms with van der Waals surface area (Å²) in [6.45, 7) is 0.358. The van der Waals surface area contributed by atoms with Gasteiger partial charge < -0.3 is 28.8 Å². The van der Waals surface area contributed by atoms with Gasteiger partial charge in [0.25, 0.3) is 0 Å². The van der Waals surface area contributed by atoms with Crippen molar-refractivity contribution in [3.8, 4) is 0 Å². The molecule has 1 aromatic rings. The van der Waals surface area contributed by atoms with Crippen molar-refractivity contribution in [1.82, 2.24) is 0 Å². The van der Waals surface area contributed by atoms with Crippen LogP contribution in [0.5, 0.6) is 0 Å². The highest BCUT2D eigenvalue weighted by molar-refractivity contribution is 5.16. The Kier molecular flexibility index (Phi) is 4.54. The van der Waals surface area contributed by atoms with Gasteiger partial charge in [-0.2, -0.15) is 0 Å². The zero-order valence-corrected chi connectivity index (χ0v) is 12.0. The summed E-state index contributed by atoms with van der Waals surface area (Å²) in [7, 11) is 3.03. The lowest BCUT2D eigenvalue weighted by molar-refractivity contribution is -0.360. The number of hydrogen-bond donors (Lipinski definition) is 1. The Labute approximate surface area is 123 Å². The highest BCUT2D eigenvalue weighted by atomic mass is 16.8. The van der Waals surface area contributed by atoms with Crippen molar-refractivity contribution < 1.29 is 28.8 Å². The predicted octanol–water partition coefficient (Wildman–Crippen LogP) is 0.848. The van der Waals surface area contributed by atoms with Crippen LogP contribution < -0.4 is 0 Å². The van der Waals surface area contributed by atoms with Gasteiger partial charge in [0.05, 0.1) is 6.61 Å². The van der Waals surface area contributed by atoms with Crippen LogP contribution in [0.1, 0.15) is 11.9 Å². The van der Waals surface area contributed by atoms with E-state index in [1.165, 1.54) is 7.11 Å². The van der Waals surface area contributed by atoms with Crippen LogP contribution >= 0.6 is 0 Å². The second-order valence-corrected chi connectivity index (χ2v) is 5.15. The average molecular weight is 296 g/mol. The van der Waals surface area contributed by atoms with Crippen molar-refractivity contribution in [1.29, 1.82) is 0 Å². The number of aliphatic hydroxyl groups excluding tert-OH is 1. The molecular formula is C15H20O6. The van der Waals surface area contributed by atoms with Crippen molar-refractivity contribution in [3.63, 3.8) is 0 Å². The molecule has 1 aromatic carbocycles. The first-order chi connectivity index (χ1) is 10.2. The van der Waals surface area contributed by atoms with Gasteiger partial charge in [-0.25, -0.2) is 0 Å². The summed E-state index contributed by atoms with van der Waals surface area (Å²) in [6.07, 6.45) is -3.39. The average Bonchev–Trinajstić information content (AvgIpc) is 2.54. The molecule has 2 heterocycles. The van der Waals surface area contributed by atoms with E-state index >= 15 is 0 Å². The first-order valence-corrected chi connectivity index (χ1v) is 6.95. The van der Waals surface area contributed by atoms with Gasteiger partial charge in [-0.15, -0.1) is 0 Å². The van der Waals surface area contributed by atoms with E-state index in [-0.39, 0.29) is 6.10 Å². The van der Waals surface area contributed by atoms with Gasteiger partial charge >= 0.3 is 0 Å². The number of aliphatic hydroxyl groups is 1. The molecule has 2 saturated heterocycles. The minimum atomic E-state index is -0.907. The summed E-state index contributed by atoms with van der Waals surface area (Å²) < 4.78 is 27.9. The topological polar surface area (TPSA) is 66.4 Å². The maximum absolute atomic E-state index is 10.2. The molecule has 0 aliphatic carbocycles. The van der Waals surface area contributed by atoms with Crippen LogP contribution in [-0.4, -0.2) is 56.6 Å². The molecule has 3 rings (SSSR count). The summed E-state index contributed by atoms with van der Waals surface area (Å²) >= 11 is 0. The second-order valence-electron chi connectivity index (χ2n) is 5.15. The first-order valence-electron chi connectivity index (χ1n) is 6.95. The number of fused-ring (bicyclic) bond motifs is 1. The Balaban J connectivity index is 1.77. The van der Waals surface area contributed by atoms with Crippen LogP contribution in [0.4, 0.5) is 0 Å². The lowest BCUT2D eigenvalue weighted by Crippen LogP contribution is -2.62. The van der Waals surface area contributed by atoms with Gasteiger partial charge in [-0.05, 0) is 0 Å². The van der Waals surface area contributed by atoms with Crippen molar-refractivity contribution in [2.45, 2.75) is 37.0 Å². The third-order valence-corrected chi connectivity index (χ3v) is 3.88. The van der Waals surface area contributed by atoms with Gasteiger partial charge in [-0.3, -0.25) is 0 Å². The van der Waals surface area contributed by atoms with E-state index in [2.05, 4.69) is 0 Å². The van der Waals surface area contributed by atoms with Crippen LogP contribution in [0.2, 0.25) is 0 Å². The van der Waals surface area contributed by atoms with Crippen LogP contribution in [0.15, 0.2) is 30.3 Å². The zero-order valence-electron chi connectivity index (χ0n) is 12.0. The Morgan fingerprint density at radius 1 is 1.10 bits per heavy atom. The molecule has 0 amide bonds. The molecule has 116 valence electrons. The summed E-state index contributed by atoms with van der Waals surface area (Å²) in [4.78, 5) is 0. The second kappa shape index (κ2) is 6.39. The molecule has 1 unspecified atom stereocenters. The van der Waals surface area contributed by atoms with Crippen molar-refractivity contribution in [3.05, 3.63) is 35.9 Å². The number of ether oxygens (including phenoxy) is 5. The Bertz CT molecular complexity index is 453. The monoisotopic (exact) mass is 296 g/mol. The maximum atomic E-state index is 10.2. The normalized spacial score (nSPS) is 39.8. The first kappa shape index (κ1) is 14.9. The van der Waals surface area contributed by atoms with Crippen molar-refractivity contribution in [2.24, 2.45) is 0 Å². The van der Waals surface area contributed by atoms with E-state index in [4.69, 9.17) is 23.7 Å². The number of rotatable bonds is 3. The molecule has 0 aromatic heterocycles. The number of benzene rings is 1. The fourth-order valence-corrected chi connectivity index (χ4v) is 2.81. The third kappa shape index (κ3) is 2.83. The van der Waals surface area contributed by atoms with Crippen LogP contribution in [0.25, 0.3) is 0 Å². The van der Waals surface area contributed by atoms with E-state index in [1.54, 1.807) is 7.11 Å². The summed E-state index contributed by atoms with van der Waals surface area (Å²) in [5, 5.41) is 10.2. The molecule has 2 aliphatic heterocycles. The molecular weight excluding hydrogens is 276 g/mol. The Hall–Kier alpha value is -1.02. The molecule has 21 heavy (non-hydrogen) atoms. The molecule has 2 aliphatic rings. The number of hydrogen-bond acceptors (Lipinski definition) is 6. The SMILES string of the molecule is CO[C@@H]1O[C@@H]2COC(c3ccccc3)O[C@H]2[C@H](OC)[C@@H]1O. The third-order valence-electron chi connectivity index (χ3n) is 3.88. The zero-order chi connectivity index (χ0) is 14.8. The van der Waals surface area contributed by atoms with E-state index in [1.807, 2.05) is 30.3 Å². The quantitative estimate of drug-likeness (QED) is 0.892. The minimum absolute atomic E-state index is 0.330. The highest BCUT2D eigenvalue weighted by Gasteiger charge is 2.49. The predicted molar refractivity (Wildman–Crippen MR) is 72.5 cm³/mol. The van der Waals surface area contributed by atoms with Crippen molar-refractivity contribution in [2.75, 3.05) is 20.8 Å². The smallest absolute Gasteiger partial charge is 0.186 e. The molecule has 0 radical (unpaired) electrons. The lowest BCUT2D eigenvalue weighted by atomic mass is 9.97. The molecule has 2 fully saturated rings. The van der Waals surface area contributed by atoms with Gasteiger partial charge in [0.2, 0.25) is 0 Å². The highest BCUT2D eigenvalue weighted by Crippen LogP contribution is 2.35. The van der Waals surface area contributed by atoms with E-state index in [9.17, 15) is 5.11 Å². The summed E-state index contributed by atoms with van der Waals surface area (Å²) in [5.41, 5.74) is 0.925. The lowest BCUT2D eigenvalue weighted by Gasteiger charge is -2.47. The largest absolute Gasteiger partial charge is 0.385 e. The van der Waals surface area contributed by atoms with Crippen molar-refractivity contribution >= 4 is 0 Å². The van der Waals surface area contributed by atoms with E-state index in [0.29, 0.717) is 6.61 Å². The Morgan fingerprint density at radius 3 is 2.52 bits per heavy atom. The fraction of sp³-hybridized carbons (Fsp3) is 0.600.